The number of urea groups is 1. The number of rotatable bonds is 6. The summed E-state index contributed by atoms with van der Waals surface area (Å²) in [6.07, 6.45) is 5.85. The lowest BCUT2D eigenvalue weighted by Gasteiger charge is -2.31. The molecule has 0 bridgehead atoms. The number of nitrogens with one attached hydrogen (secondary N) is 2. The number of hydrogen-bond acceptors (Lipinski definition) is 3. The minimum Gasteiger partial charge on any atom is -0.323 e. The Morgan fingerprint density at radius 3 is 2.55 bits per heavy atom. The standard InChI is InChI=1S/C15H27N3O2/c1-3-5-6-12(4-2)11-18-13(19)15(17-14(18)20)7-9-16-10-8-15/h12,16H,3-11H2,1-2H3,(H,17,20). The van der Waals surface area contributed by atoms with Crippen LogP contribution in [0.1, 0.15) is 52.4 Å². The van der Waals surface area contributed by atoms with E-state index in [0.29, 0.717) is 25.3 Å². The lowest BCUT2D eigenvalue weighted by Crippen LogP contribution is -2.54. The lowest BCUT2D eigenvalue weighted by atomic mass is 9.88. The molecule has 2 heterocycles. The average Bonchev–Trinajstić information content (AvgIpc) is 2.68. The van der Waals surface area contributed by atoms with Crippen LogP contribution in [0, 0.1) is 5.92 Å². The van der Waals surface area contributed by atoms with E-state index in [-0.39, 0.29) is 11.9 Å². The summed E-state index contributed by atoms with van der Waals surface area (Å²) >= 11 is 0. The average molecular weight is 281 g/mol. The number of carbonyl (C=O) groups is 2. The van der Waals surface area contributed by atoms with Crippen molar-refractivity contribution in [2.45, 2.75) is 57.9 Å². The fourth-order valence-electron chi connectivity index (χ4n) is 3.21. The second-order valence-electron chi connectivity index (χ2n) is 6.09. The van der Waals surface area contributed by atoms with E-state index >= 15 is 0 Å². The second-order valence-corrected chi connectivity index (χ2v) is 6.09. The molecule has 2 saturated heterocycles. The van der Waals surface area contributed by atoms with Gasteiger partial charge in [0.15, 0.2) is 0 Å². The van der Waals surface area contributed by atoms with Gasteiger partial charge in [-0.15, -0.1) is 0 Å². The molecule has 0 radical (unpaired) electrons. The number of carbonyl (C=O) groups excluding carboxylic acids is 2. The van der Waals surface area contributed by atoms with Gasteiger partial charge in [0.05, 0.1) is 0 Å². The minimum atomic E-state index is -0.620. The molecule has 0 aromatic heterocycles. The van der Waals surface area contributed by atoms with Crippen molar-refractivity contribution in [2.75, 3.05) is 19.6 Å². The number of unbranched alkanes of at least 4 members (excludes halogenated alkanes) is 1. The van der Waals surface area contributed by atoms with Gasteiger partial charge in [0, 0.05) is 6.54 Å². The molecule has 2 aliphatic rings. The van der Waals surface area contributed by atoms with E-state index in [2.05, 4.69) is 24.5 Å². The van der Waals surface area contributed by atoms with E-state index in [9.17, 15) is 9.59 Å². The van der Waals surface area contributed by atoms with Crippen LogP contribution in [-0.2, 0) is 4.79 Å². The molecular formula is C15H27N3O2. The van der Waals surface area contributed by atoms with Crippen LogP contribution < -0.4 is 10.6 Å². The SMILES string of the molecule is CCCCC(CC)CN1C(=O)NC2(CCNCC2)C1=O. The first-order chi connectivity index (χ1) is 9.63. The summed E-state index contributed by atoms with van der Waals surface area (Å²) in [5, 5.41) is 6.20. The Hall–Kier alpha value is -1.10. The van der Waals surface area contributed by atoms with Gasteiger partial charge in [0.2, 0.25) is 0 Å². The second kappa shape index (κ2) is 6.57. The third kappa shape index (κ3) is 2.97. The quantitative estimate of drug-likeness (QED) is 0.731. The summed E-state index contributed by atoms with van der Waals surface area (Å²) in [4.78, 5) is 26.3. The first kappa shape index (κ1) is 15.3. The van der Waals surface area contributed by atoms with Gasteiger partial charge >= 0.3 is 6.03 Å². The first-order valence-electron chi connectivity index (χ1n) is 7.97. The number of piperidine rings is 1. The van der Waals surface area contributed by atoms with Crippen molar-refractivity contribution in [3.8, 4) is 0 Å². The van der Waals surface area contributed by atoms with E-state index in [1.807, 2.05) is 0 Å². The summed E-state index contributed by atoms with van der Waals surface area (Å²) in [5.74, 6) is 0.431. The Kier molecular flexibility index (Phi) is 5.02. The molecule has 5 nitrogen and oxygen atoms in total. The zero-order valence-electron chi connectivity index (χ0n) is 12.7. The van der Waals surface area contributed by atoms with Gasteiger partial charge in [-0.3, -0.25) is 9.69 Å². The maximum atomic E-state index is 12.6. The van der Waals surface area contributed by atoms with Crippen LogP contribution in [-0.4, -0.2) is 42.0 Å². The van der Waals surface area contributed by atoms with Crippen molar-refractivity contribution in [2.24, 2.45) is 5.92 Å². The van der Waals surface area contributed by atoms with E-state index < -0.39 is 5.54 Å². The summed E-state index contributed by atoms with van der Waals surface area (Å²) in [5.41, 5.74) is -0.620. The monoisotopic (exact) mass is 281 g/mol. The third-order valence-electron chi connectivity index (χ3n) is 4.69. The Bertz CT molecular complexity index is 364. The molecule has 5 heteroatoms. The van der Waals surface area contributed by atoms with Gasteiger partial charge in [0.1, 0.15) is 5.54 Å². The highest BCUT2D eigenvalue weighted by Crippen LogP contribution is 2.28. The molecule has 20 heavy (non-hydrogen) atoms. The number of hydrogen-bond donors (Lipinski definition) is 2. The fraction of sp³-hybridized carbons (Fsp3) is 0.867. The highest BCUT2D eigenvalue weighted by Gasteiger charge is 2.51. The van der Waals surface area contributed by atoms with Crippen LogP contribution in [0.2, 0.25) is 0 Å². The number of imide groups is 1. The highest BCUT2D eigenvalue weighted by molar-refractivity contribution is 6.07. The van der Waals surface area contributed by atoms with Crippen LogP contribution in [0.15, 0.2) is 0 Å². The zero-order chi connectivity index (χ0) is 14.6. The lowest BCUT2D eigenvalue weighted by molar-refractivity contribution is -0.132. The van der Waals surface area contributed by atoms with Crippen molar-refractivity contribution in [1.82, 2.24) is 15.5 Å². The van der Waals surface area contributed by atoms with Gasteiger partial charge in [-0.05, 0) is 38.3 Å². The Labute approximate surface area is 121 Å². The normalized spacial score (nSPS) is 23.2. The Morgan fingerprint density at radius 1 is 1.25 bits per heavy atom. The van der Waals surface area contributed by atoms with Crippen molar-refractivity contribution < 1.29 is 9.59 Å². The Morgan fingerprint density at radius 2 is 1.95 bits per heavy atom. The molecule has 3 amide bonds. The van der Waals surface area contributed by atoms with Gasteiger partial charge in [-0.2, -0.15) is 0 Å². The number of amides is 3. The molecule has 1 spiro atoms. The summed E-state index contributed by atoms with van der Waals surface area (Å²) in [7, 11) is 0. The van der Waals surface area contributed by atoms with E-state index in [0.717, 1.165) is 38.8 Å². The van der Waals surface area contributed by atoms with Crippen LogP contribution in [0.25, 0.3) is 0 Å². The molecule has 0 aromatic carbocycles. The number of nitrogens with zero attached hydrogens (tertiary/aromatic N) is 1. The molecule has 0 aromatic rings. The molecule has 0 saturated carbocycles. The van der Waals surface area contributed by atoms with Crippen molar-refractivity contribution >= 4 is 11.9 Å². The third-order valence-corrected chi connectivity index (χ3v) is 4.69. The Balaban J connectivity index is 2.01. The molecule has 2 fully saturated rings. The van der Waals surface area contributed by atoms with E-state index in [1.54, 1.807) is 0 Å². The zero-order valence-corrected chi connectivity index (χ0v) is 12.7. The molecule has 2 aliphatic heterocycles. The largest absolute Gasteiger partial charge is 0.325 e. The van der Waals surface area contributed by atoms with Crippen LogP contribution in [0.3, 0.4) is 0 Å². The van der Waals surface area contributed by atoms with Crippen molar-refractivity contribution in [1.29, 1.82) is 0 Å². The van der Waals surface area contributed by atoms with Crippen LogP contribution in [0.5, 0.6) is 0 Å². The smallest absolute Gasteiger partial charge is 0.323 e. The van der Waals surface area contributed by atoms with Gasteiger partial charge in [-0.1, -0.05) is 33.1 Å². The van der Waals surface area contributed by atoms with Crippen molar-refractivity contribution in [3.05, 3.63) is 0 Å². The highest BCUT2D eigenvalue weighted by atomic mass is 16.2. The molecule has 2 rings (SSSR count). The van der Waals surface area contributed by atoms with E-state index in [4.69, 9.17) is 0 Å². The van der Waals surface area contributed by atoms with E-state index in [1.165, 1.54) is 4.90 Å². The summed E-state index contributed by atoms with van der Waals surface area (Å²) in [6, 6.07) is -0.188. The van der Waals surface area contributed by atoms with Gasteiger partial charge < -0.3 is 10.6 Å². The van der Waals surface area contributed by atoms with Crippen LogP contribution in [0.4, 0.5) is 4.79 Å². The maximum Gasteiger partial charge on any atom is 0.325 e. The minimum absolute atomic E-state index is 0.000974. The van der Waals surface area contributed by atoms with Gasteiger partial charge in [-0.25, -0.2) is 4.79 Å². The summed E-state index contributed by atoms with van der Waals surface area (Å²) < 4.78 is 0. The molecule has 1 atom stereocenters. The first-order valence-corrected chi connectivity index (χ1v) is 7.97. The van der Waals surface area contributed by atoms with Gasteiger partial charge in [0.25, 0.3) is 5.91 Å². The maximum absolute atomic E-state index is 12.6. The van der Waals surface area contributed by atoms with Crippen LogP contribution >= 0.6 is 0 Å². The predicted molar refractivity (Wildman–Crippen MR) is 78.4 cm³/mol. The van der Waals surface area contributed by atoms with Crippen molar-refractivity contribution in [3.63, 3.8) is 0 Å². The predicted octanol–water partition coefficient (Wildman–Crippen LogP) is 1.88. The molecule has 114 valence electrons. The fourth-order valence-corrected chi connectivity index (χ4v) is 3.21. The molecule has 2 N–H and O–H groups in total. The molecular weight excluding hydrogens is 254 g/mol. The topological polar surface area (TPSA) is 61.4 Å². The molecule has 0 aliphatic carbocycles. The summed E-state index contributed by atoms with van der Waals surface area (Å²) in [6.45, 7) is 6.49. The molecule has 1 unspecified atom stereocenters.